The summed E-state index contributed by atoms with van der Waals surface area (Å²) in [5, 5.41) is 9.02. The third kappa shape index (κ3) is 5.23. The van der Waals surface area contributed by atoms with Gasteiger partial charge in [-0.1, -0.05) is 6.92 Å². The topological polar surface area (TPSA) is 66.5 Å². The quantitative estimate of drug-likeness (QED) is 0.804. The van der Waals surface area contributed by atoms with Crippen LogP contribution in [0, 0.1) is 0 Å². The first kappa shape index (κ1) is 17.2. The first-order chi connectivity index (χ1) is 10.7. The first-order valence-electron chi connectivity index (χ1n) is 7.90. The number of ether oxygens (including phenoxy) is 1. The molecule has 2 amide bonds. The van der Waals surface area contributed by atoms with Gasteiger partial charge in [0, 0.05) is 37.8 Å². The Morgan fingerprint density at radius 1 is 1.64 bits per heavy atom. The average molecular weight is 326 g/mol. The number of thiazole rings is 1. The number of amides is 2. The highest BCUT2D eigenvalue weighted by Crippen LogP contribution is 2.18. The van der Waals surface area contributed by atoms with Gasteiger partial charge in [-0.2, -0.15) is 0 Å². The number of rotatable bonds is 7. The lowest BCUT2D eigenvalue weighted by atomic mass is 10.1. The van der Waals surface area contributed by atoms with Gasteiger partial charge in [-0.3, -0.25) is 4.90 Å². The van der Waals surface area contributed by atoms with Crippen molar-refractivity contribution < 1.29 is 9.53 Å². The molecule has 1 saturated heterocycles. The van der Waals surface area contributed by atoms with Crippen LogP contribution in [-0.2, 0) is 4.74 Å². The van der Waals surface area contributed by atoms with Gasteiger partial charge in [0.15, 0.2) is 0 Å². The summed E-state index contributed by atoms with van der Waals surface area (Å²) in [5.41, 5.74) is 0. The molecule has 0 bridgehead atoms. The largest absolute Gasteiger partial charge is 0.383 e. The van der Waals surface area contributed by atoms with Crippen molar-refractivity contribution in [3.05, 3.63) is 16.6 Å². The van der Waals surface area contributed by atoms with Gasteiger partial charge in [-0.25, -0.2) is 9.78 Å². The van der Waals surface area contributed by atoms with Gasteiger partial charge >= 0.3 is 6.03 Å². The van der Waals surface area contributed by atoms with Crippen LogP contribution in [0.3, 0.4) is 0 Å². The van der Waals surface area contributed by atoms with Gasteiger partial charge in [0.25, 0.3) is 0 Å². The number of hydrogen-bond donors (Lipinski definition) is 2. The van der Waals surface area contributed by atoms with Gasteiger partial charge in [0.05, 0.1) is 12.6 Å². The van der Waals surface area contributed by atoms with Crippen LogP contribution in [0.1, 0.15) is 37.2 Å². The van der Waals surface area contributed by atoms with E-state index < -0.39 is 0 Å². The number of methoxy groups -OCH3 is 1. The normalized spacial score (nSPS) is 20.5. The molecule has 0 aliphatic carbocycles. The van der Waals surface area contributed by atoms with E-state index in [9.17, 15) is 4.79 Å². The molecule has 6 nitrogen and oxygen atoms in total. The summed E-state index contributed by atoms with van der Waals surface area (Å²) >= 11 is 1.58. The van der Waals surface area contributed by atoms with Gasteiger partial charge in [-0.05, 0) is 25.8 Å². The molecule has 0 unspecified atom stereocenters. The summed E-state index contributed by atoms with van der Waals surface area (Å²) in [5.74, 6) is 0. The number of piperidine rings is 1. The standard InChI is InChI=1S/C15H26N4O2S/c1-3-13(14-16-6-10-22-14)18-15(20)17-12-5-4-7-19(11-12)8-9-21-2/h6,10,12-13H,3-5,7-9,11H2,1-2H3,(H2,17,18,20)/t12-,13-/m0/s1. The zero-order valence-electron chi connectivity index (χ0n) is 13.4. The molecule has 0 saturated carbocycles. The number of likely N-dealkylation sites (tertiary alicyclic amines) is 1. The summed E-state index contributed by atoms with van der Waals surface area (Å²) in [6.45, 7) is 5.69. The van der Waals surface area contributed by atoms with Crippen LogP contribution in [0.25, 0.3) is 0 Å². The summed E-state index contributed by atoms with van der Waals surface area (Å²) in [4.78, 5) is 18.8. The number of aromatic nitrogens is 1. The number of carbonyl (C=O) groups is 1. The molecule has 22 heavy (non-hydrogen) atoms. The molecular weight excluding hydrogens is 300 g/mol. The van der Waals surface area contributed by atoms with Crippen LogP contribution in [-0.4, -0.2) is 55.3 Å². The lowest BCUT2D eigenvalue weighted by Crippen LogP contribution is -2.51. The number of urea groups is 1. The lowest BCUT2D eigenvalue weighted by molar-refractivity contribution is 0.123. The fourth-order valence-electron chi connectivity index (χ4n) is 2.73. The summed E-state index contributed by atoms with van der Waals surface area (Å²) in [6.07, 6.45) is 4.76. The van der Waals surface area contributed by atoms with Crippen LogP contribution in [0.5, 0.6) is 0 Å². The van der Waals surface area contributed by atoms with Gasteiger partial charge in [0.2, 0.25) is 0 Å². The Bertz CT molecular complexity index is 441. The van der Waals surface area contributed by atoms with Crippen molar-refractivity contribution in [3.63, 3.8) is 0 Å². The molecule has 2 rings (SSSR count). The Morgan fingerprint density at radius 2 is 2.50 bits per heavy atom. The van der Waals surface area contributed by atoms with E-state index >= 15 is 0 Å². The Morgan fingerprint density at radius 3 is 3.18 bits per heavy atom. The van der Waals surface area contributed by atoms with Crippen molar-refractivity contribution in [2.75, 3.05) is 33.4 Å². The zero-order valence-corrected chi connectivity index (χ0v) is 14.2. The molecule has 1 fully saturated rings. The Labute approximate surface area is 136 Å². The minimum Gasteiger partial charge on any atom is -0.383 e. The van der Waals surface area contributed by atoms with Crippen LogP contribution >= 0.6 is 11.3 Å². The Hall–Kier alpha value is -1.18. The van der Waals surface area contributed by atoms with Crippen molar-refractivity contribution in [1.82, 2.24) is 20.5 Å². The van der Waals surface area contributed by atoms with Crippen molar-refractivity contribution >= 4 is 17.4 Å². The summed E-state index contributed by atoms with van der Waals surface area (Å²) < 4.78 is 5.12. The summed E-state index contributed by atoms with van der Waals surface area (Å²) in [7, 11) is 1.72. The minimum atomic E-state index is -0.0966. The molecule has 0 spiro atoms. The van der Waals surface area contributed by atoms with Crippen molar-refractivity contribution in [2.45, 2.75) is 38.3 Å². The van der Waals surface area contributed by atoms with E-state index in [1.54, 1.807) is 24.6 Å². The molecule has 7 heteroatoms. The molecule has 2 atom stereocenters. The van der Waals surface area contributed by atoms with Gasteiger partial charge in [-0.15, -0.1) is 11.3 Å². The van der Waals surface area contributed by atoms with E-state index in [1.807, 2.05) is 5.38 Å². The second kappa shape index (κ2) is 9.07. The molecule has 1 aliphatic heterocycles. The molecule has 2 N–H and O–H groups in total. The second-order valence-electron chi connectivity index (χ2n) is 5.58. The molecular formula is C15H26N4O2S. The predicted octanol–water partition coefficient (Wildman–Crippen LogP) is 2.00. The van der Waals surface area contributed by atoms with E-state index in [1.165, 1.54) is 0 Å². The molecule has 2 heterocycles. The third-order valence-corrected chi connectivity index (χ3v) is 4.80. The minimum absolute atomic E-state index is 0.00631. The van der Waals surface area contributed by atoms with Crippen LogP contribution < -0.4 is 10.6 Å². The predicted molar refractivity (Wildman–Crippen MR) is 88.2 cm³/mol. The van der Waals surface area contributed by atoms with E-state index in [2.05, 4.69) is 27.4 Å². The van der Waals surface area contributed by atoms with Gasteiger partial charge < -0.3 is 15.4 Å². The fourth-order valence-corrected chi connectivity index (χ4v) is 3.50. The van der Waals surface area contributed by atoms with E-state index in [0.717, 1.165) is 50.5 Å². The Kier molecular flexibility index (Phi) is 7.08. The molecule has 1 aromatic heterocycles. The molecule has 1 aliphatic rings. The molecule has 0 radical (unpaired) electrons. The average Bonchev–Trinajstić information content (AvgIpc) is 3.05. The molecule has 1 aromatic rings. The van der Waals surface area contributed by atoms with Crippen molar-refractivity contribution in [3.8, 4) is 0 Å². The number of nitrogens with zero attached hydrogens (tertiary/aromatic N) is 2. The maximum atomic E-state index is 12.2. The second-order valence-corrected chi connectivity index (χ2v) is 6.51. The monoisotopic (exact) mass is 326 g/mol. The van der Waals surface area contributed by atoms with Crippen molar-refractivity contribution in [2.24, 2.45) is 0 Å². The SMILES string of the molecule is CC[C@H](NC(=O)N[C@H]1CCCN(CCOC)C1)c1nccs1. The fraction of sp³-hybridized carbons (Fsp3) is 0.733. The van der Waals surface area contributed by atoms with Gasteiger partial charge in [0.1, 0.15) is 5.01 Å². The maximum absolute atomic E-state index is 12.2. The third-order valence-electron chi connectivity index (χ3n) is 3.92. The van der Waals surface area contributed by atoms with E-state index in [-0.39, 0.29) is 18.1 Å². The highest BCUT2D eigenvalue weighted by atomic mass is 32.1. The van der Waals surface area contributed by atoms with Crippen LogP contribution in [0.15, 0.2) is 11.6 Å². The number of carbonyl (C=O) groups excluding carboxylic acids is 1. The number of nitrogens with one attached hydrogen (secondary N) is 2. The molecule has 124 valence electrons. The maximum Gasteiger partial charge on any atom is 0.315 e. The smallest absolute Gasteiger partial charge is 0.315 e. The van der Waals surface area contributed by atoms with Crippen LogP contribution in [0.2, 0.25) is 0 Å². The Balaban J connectivity index is 1.78. The van der Waals surface area contributed by atoms with E-state index in [0.29, 0.717) is 0 Å². The highest BCUT2D eigenvalue weighted by molar-refractivity contribution is 7.09. The van der Waals surface area contributed by atoms with Crippen molar-refractivity contribution in [1.29, 1.82) is 0 Å². The lowest BCUT2D eigenvalue weighted by Gasteiger charge is -2.33. The van der Waals surface area contributed by atoms with Crippen LogP contribution in [0.4, 0.5) is 4.79 Å². The number of hydrogen-bond acceptors (Lipinski definition) is 5. The molecule has 0 aromatic carbocycles. The highest BCUT2D eigenvalue weighted by Gasteiger charge is 2.22. The van der Waals surface area contributed by atoms with E-state index in [4.69, 9.17) is 4.74 Å². The first-order valence-corrected chi connectivity index (χ1v) is 8.78. The zero-order chi connectivity index (χ0) is 15.8. The summed E-state index contributed by atoms with van der Waals surface area (Å²) in [6, 6.07) is 0.105.